The topological polar surface area (TPSA) is 41.1 Å². The van der Waals surface area contributed by atoms with E-state index in [2.05, 4.69) is 10.6 Å². The van der Waals surface area contributed by atoms with Crippen LogP contribution in [-0.4, -0.2) is 32.2 Å². The van der Waals surface area contributed by atoms with Crippen LogP contribution in [0.4, 0.5) is 4.39 Å². The molecule has 0 bridgehead atoms. The molecule has 0 aliphatic rings. The SMILES string of the molecule is CNC(C)C(=O)NCCF. The first-order valence-electron chi connectivity index (χ1n) is 3.23. The molecular weight excluding hydrogens is 135 g/mol. The molecule has 4 heteroatoms. The highest BCUT2D eigenvalue weighted by molar-refractivity contribution is 5.81. The van der Waals surface area contributed by atoms with Crippen LogP contribution in [0.2, 0.25) is 0 Å². The Bertz CT molecular complexity index is 108. The first-order chi connectivity index (χ1) is 4.72. The average molecular weight is 148 g/mol. The zero-order chi connectivity index (χ0) is 7.98. The molecular formula is C6H13FN2O. The molecule has 60 valence electrons. The summed E-state index contributed by atoms with van der Waals surface area (Å²) in [6.45, 7) is 1.31. The number of amides is 1. The van der Waals surface area contributed by atoms with E-state index in [0.717, 1.165) is 0 Å². The van der Waals surface area contributed by atoms with Gasteiger partial charge >= 0.3 is 0 Å². The number of nitrogens with one attached hydrogen (secondary N) is 2. The third-order valence-electron chi connectivity index (χ3n) is 1.22. The molecule has 0 rings (SSSR count). The third-order valence-corrected chi connectivity index (χ3v) is 1.22. The zero-order valence-corrected chi connectivity index (χ0v) is 6.28. The van der Waals surface area contributed by atoms with Crippen molar-refractivity contribution >= 4 is 5.91 Å². The normalized spacial score (nSPS) is 12.7. The lowest BCUT2D eigenvalue weighted by molar-refractivity contribution is -0.122. The van der Waals surface area contributed by atoms with Crippen LogP contribution < -0.4 is 10.6 Å². The summed E-state index contributed by atoms with van der Waals surface area (Å²) in [5, 5.41) is 5.15. The predicted molar refractivity (Wildman–Crippen MR) is 37.5 cm³/mol. The molecule has 0 aromatic heterocycles. The Morgan fingerprint density at radius 1 is 1.70 bits per heavy atom. The highest BCUT2D eigenvalue weighted by atomic mass is 19.1. The second-order valence-corrected chi connectivity index (χ2v) is 1.99. The number of alkyl halides is 1. The first kappa shape index (κ1) is 9.36. The van der Waals surface area contributed by atoms with Crippen molar-refractivity contribution in [2.45, 2.75) is 13.0 Å². The summed E-state index contributed by atoms with van der Waals surface area (Å²) in [5.41, 5.74) is 0. The Labute approximate surface area is 60.0 Å². The Kier molecular flexibility index (Phi) is 4.84. The van der Waals surface area contributed by atoms with Gasteiger partial charge in [-0.1, -0.05) is 0 Å². The van der Waals surface area contributed by atoms with Gasteiger partial charge in [0.15, 0.2) is 0 Å². The summed E-state index contributed by atoms with van der Waals surface area (Å²) in [7, 11) is 1.68. The Morgan fingerprint density at radius 2 is 2.30 bits per heavy atom. The minimum Gasteiger partial charge on any atom is -0.352 e. The molecule has 0 heterocycles. The average Bonchev–Trinajstić information content (AvgIpc) is 1.98. The van der Waals surface area contributed by atoms with Gasteiger partial charge in [0, 0.05) is 6.54 Å². The monoisotopic (exact) mass is 148 g/mol. The first-order valence-corrected chi connectivity index (χ1v) is 3.23. The lowest BCUT2D eigenvalue weighted by Gasteiger charge is -2.08. The van der Waals surface area contributed by atoms with E-state index in [1.165, 1.54) is 0 Å². The van der Waals surface area contributed by atoms with Crippen molar-refractivity contribution in [1.29, 1.82) is 0 Å². The van der Waals surface area contributed by atoms with Crippen LogP contribution in [0.15, 0.2) is 0 Å². The van der Waals surface area contributed by atoms with Gasteiger partial charge < -0.3 is 10.6 Å². The second kappa shape index (κ2) is 5.17. The van der Waals surface area contributed by atoms with Crippen molar-refractivity contribution in [2.75, 3.05) is 20.3 Å². The largest absolute Gasteiger partial charge is 0.352 e. The molecule has 0 aliphatic carbocycles. The van der Waals surface area contributed by atoms with Gasteiger partial charge in [-0.2, -0.15) is 0 Å². The molecule has 1 amide bonds. The van der Waals surface area contributed by atoms with Crippen LogP contribution in [0, 0.1) is 0 Å². The van der Waals surface area contributed by atoms with Gasteiger partial charge in [-0.15, -0.1) is 0 Å². The maximum atomic E-state index is 11.5. The molecule has 0 aromatic carbocycles. The fraction of sp³-hybridized carbons (Fsp3) is 0.833. The standard InChI is InChI=1S/C6H13FN2O/c1-5(8-2)6(10)9-4-3-7/h5,8H,3-4H2,1-2H3,(H,9,10). The smallest absolute Gasteiger partial charge is 0.236 e. The van der Waals surface area contributed by atoms with Crippen molar-refractivity contribution in [3.8, 4) is 0 Å². The maximum Gasteiger partial charge on any atom is 0.236 e. The zero-order valence-electron chi connectivity index (χ0n) is 6.28. The summed E-state index contributed by atoms with van der Waals surface area (Å²) in [6, 6.07) is -0.244. The molecule has 1 unspecified atom stereocenters. The molecule has 2 N–H and O–H groups in total. The fourth-order valence-corrected chi connectivity index (χ4v) is 0.455. The van der Waals surface area contributed by atoms with Gasteiger partial charge in [0.25, 0.3) is 0 Å². The van der Waals surface area contributed by atoms with Crippen LogP contribution in [0.3, 0.4) is 0 Å². The Balaban J connectivity index is 3.42. The van der Waals surface area contributed by atoms with Gasteiger partial charge in [0.05, 0.1) is 6.04 Å². The molecule has 0 radical (unpaired) electrons. The molecule has 10 heavy (non-hydrogen) atoms. The number of carbonyl (C=O) groups excluding carboxylic acids is 1. The van der Waals surface area contributed by atoms with Crippen LogP contribution in [0.25, 0.3) is 0 Å². The third kappa shape index (κ3) is 3.40. The van der Waals surface area contributed by atoms with Crippen LogP contribution in [0.5, 0.6) is 0 Å². The van der Waals surface area contributed by atoms with Gasteiger partial charge in [-0.3, -0.25) is 4.79 Å². The van der Waals surface area contributed by atoms with E-state index in [-0.39, 0.29) is 18.5 Å². The maximum absolute atomic E-state index is 11.5. The lowest BCUT2D eigenvalue weighted by Crippen LogP contribution is -2.41. The molecule has 3 nitrogen and oxygen atoms in total. The van der Waals surface area contributed by atoms with E-state index >= 15 is 0 Å². The number of likely N-dealkylation sites (N-methyl/N-ethyl adjacent to an activating group) is 1. The van der Waals surface area contributed by atoms with Crippen LogP contribution in [-0.2, 0) is 4.79 Å². The molecule has 0 saturated carbocycles. The van der Waals surface area contributed by atoms with Crippen molar-refractivity contribution in [1.82, 2.24) is 10.6 Å². The summed E-state index contributed by atoms with van der Waals surface area (Å²) < 4.78 is 11.5. The molecule has 0 spiro atoms. The Hall–Kier alpha value is -0.640. The number of hydrogen-bond acceptors (Lipinski definition) is 2. The molecule has 0 fully saturated rings. The van der Waals surface area contributed by atoms with Crippen molar-refractivity contribution in [2.24, 2.45) is 0 Å². The van der Waals surface area contributed by atoms with E-state index < -0.39 is 6.67 Å². The van der Waals surface area contributed by atoms with Crippen molar-refractivity contribution in [3.63, 3.8) is 0 Å². The number of halogens is 1. The molecule has 0 saturated heterocycles. The van der Waals surface area contributed by atoms with Crippen LogP contribution in [0.1, 0.15) is 6.92 Å². The molecule has 0 aromatic rings. The molecule has 0 aliphatic heterocycles. The quantitative estimate of drug-likeness (QED) is 0.573. The van der Waals surface area contributed by atoms with Gasteiger partial charge in [0.2, 0.25) is 5.91 Å². The summed E-state index contributed by atoms with van der Waals surface area (Å²) in [6.07, 6.45) is 0. The van der Waals surface area contributed by atoms with Gasteiger partial charge in [-0.05, 0) is 14.0 Å². The summed E-state index contributed by atoms with van der Waals surface area (Å²) >= 11 is 0. The minimum absolute atomic E-state index is 0.102. The predicted octanol–water partition coefficient (Wildman–Crippen LogP) is -0.320. The summed E-state index contributed by atoms with van der Waals surface area (Å²) in [5.74, 6) is -0.167. The Morgan fingerprint density at radius 3 is 2.70 bits per heavy atom. The lowest BCUT2D eigenvalue weighted by atomic mass is 10.3. The number of carbonyl (C=O) groups is 1. The van der Waals surface area contributed by atoms with Gasteiger partial charge in [0.1, 0.15) is 6.67 Å². The summed E-state index contributed by atoms with van der Waals surface area (Å²) in [4.78, 5) is 10.8. The van der Waals surface area contributed by atoms with Gasteiger partial charge in [-0.25, -0.2) is 4.39 Å². The minimum atomic E-state index is -0.512. The fourth-order valence-electron chi connectivity index (χ4n) is 0.455. The van der Waals surface area contributed by atoms with Crippen LogP contribution >= 0.6 is 0 Å². The van der Waals surface area contributed by atoms with E-state index in [9.17, 15) is 9.18 Å². The van der Waals surface area contributed by atoms with E-state index in [4.69, 9.17) is 0 Å². The van der Waals surface area contributed by atoms with E-state index in [1.54, 1.807) is 14.0 Å². The van der Waals surface area contributed by atoms with Crippen molar-refractivity contribution < 1.29 is 9.18 Å². The van der Waals surface area contributed by atoms with E-state index in [1.807, 2.05) is 0 Å². The molecule has 1 atom stereocenters. The number of rotatable bonds is 4. The highest BCUT2D eigenvalue weighted by Crippen LogP contribution is 1.78. The number of hydrogen-bond donors (Lipinski definition) is 2. The van der Waals surface area contributed by atoms with Crippen molar-refractivity contribution in [3.05, 3.63) is 0 Å². The van der Waals surface area contributed by atoms with E-state index in [0.29, 0.717) is 0 Å². The second-order valence-electron chi connectivity index (χ2n) is 1.99. The highest BCUT2D eigenvalue weighted by Gasteiger charge is 2.07.